The molecule has 0 aromatic heterocycles. The lowest BCUT2D eigenvalue weighted by atomic mass is 10.3. The van der Waals surface area contributed by atoms with Gasteiger partial charge < -0.3 is 20.1 Å². The number of hydrogen-bond acceptors (Lipinski definition) is 4. The van der Waals surface area contributed by atoms with Crippen molar-refractivity contribution in [2.75, 3.05) is 33.8 Å². The fraction of sp³-hybridized carbons (Fsp3) is 0.650. The summed E-state index contributed by atoms with van der Waals surface area (Å²) in [6.45, 7) is 9.17. The van der Waals surface area contributed by atoms with Gasteiger partial charge in [-0.2, -0.15) is 0 Å². The lowest BCUT2D eigenvalue weighted by molar-refractivity contribution is 0.214. The van der Waals surface area contributed by atoms with Crippen molar-refractivity contribution in [2.24, 2.45) is 4.99 Å². The first-order valence-electron chi connectivity index (χ1n) is 9.54. The minimum absolute atomic E-state index is 0. The first-order valence-corrected chi connectivity index (χ1v) is 9.54. The average molecular weight is 490 g/mol. The molecule has 1 unspecified atom stereocenters. The van der Waals surface area contributed by atoms with Crippen LogP contribution in [0.25, 0.3) is 0 Å². The molecule has 154 valence electrons. The second-order valence-electron chi connectivity index (χ2n) is 7.05. The van der Waals surface area contributed by atoms with Gasteiger partial charge in [0.1, 0.15) is 17.6 Å². The molecular formula is C20H35IN4O2. The third-order valence-electron chi connectivity index (χ3n) is 4.50. The van der Waals surface area contributed by atoms with E-state index in [0.29, 0.717) is 12.6 Å². The third kappa shape index (κ3) is 8.55. The van der Waals surface area contributed by atoms with Crippen molar-refractivity contribution in [2.45, 2.75) is 51.8 Å². The molecule has 1 aliphatic rings. The molecule has 2 N–H and O–H groups in total. The predicted octanol–water partition coefficient (Wildman–Crippen LogP) is 3.12. The maximum atomic E-state index is 5.93. The molecule has 0 aliphatic heterocycles. The minimum Gasteiger partial charge on any atom is -0.497 e. The highest BCUT2D eigenvalue weighted by Crippen LogP contribution is 2.27. The Morgan fingerprint density at radius 1 is 1.22 bits per heavy atom. The zero-order valence-electron chi connectivity index (χ0n) is 17.2. The summed E-state index contributed by atoms with van der Waals surface area (Å²) in [7, 11) is 3.45. The molecule has 0 saturated heterocycles. The van der Waals surface area contributed by atoms with E-state index in [2.05, 4.69) is 34.4 Å². The van der Waals surface area contributed by atoms with E-state index < -0.39 is 0 Å². The Hall–Kier alpha value is -1.22. The van der Waals surface area contributed by atoms with E-state index in [9.17, 15) is 0 Å². The highest BCUT2D eigenvalue weighted by Gasteiger charge is 2.30. The molecule has 0 amide bonds. The van der Waals surface area contributed by atoms with Crippen molar-refractivity contribution < 1.29 is 9.47 Å². The fourth-order valence-corrected chi connectivity index (χ4v) is 2.98. The minimum atomic E-state index is 0. The normalized spacial score (nSPS) is 15.3. The van der Waals surface area contributed by atoms with Gasteiger partial charge >= 0.3 is 0 Å². The molecule has 0 radical (unpaired) electrons. The van der Waals surface area contributed by atoms with Gasteiger partial charge in [-0.15, -0.1) is 24.0 Å². The van der Waals surface area contributed by atoms with Crippen molar-refractivity contribution >= 4 is 29.9 Å². The van der Waals surface area contributed by atoms with Crippen molar-refractivity contribution in [1.29, 1.82) is 0 Å². The number of halogens is 1. The van der Waals surface area contributed by atoms with Crippen molar-refractivity contribution in [3.63, 3.8) is 0 Å². The zero-order valence-corrected chi connectivity index (χ0v) is 19.5. The van der Waals surface area contributed by atoms with Gasteiger partial charge in [-0.05, 0) is 45.7 Å². The number of hydrogen-bond donors (Lipinski definition) is 2. The van der Waals surface area contributed by atoms with Gasteiger partial charge in [0, 0.05) is 38.3 Å². The topological polar surface area (TPSA) is 58.1 Å². The standard InChI is InChI=1S/C20H34N4O2.HI/c1-15(2)24(17-9-10-17)12-11-22-20(21-4)23-14-16(3)26-19-8-6-7-18(13-19)25-5;/h6-8,13,15-17H,9-12,14H2,1-5H3,(H2,21,22,23);1H. The number of methoxy groups -OCH3 is 1. The molecule has 27 heavy (non-hydrogen) atoms. The fourth-order valence-electron chi connectivity index (χ4n) is 2.98. The number of ether oxygens (including phenoxy) is 2. The second-order valence-corrected chi connectivity index (χ2v) is 7.05. The van der Waals surface area contributed by atoms with Crippen LogP contribution in [-0.2, 0) is 0 Å². The van der Waals surface area contributed by atoms with Gasteiger partial charge in [-0.3, -0.25) is 9.89 Å². The Kier molecular flexibility index (Phi) is 10.8. The van der Waals surface area contributed by atoms with Crippen molar-refractivity contribution in [3.8, 4) is 11.5 Å². The number of rotatable bonds is 10. The first-order chi connectivity index (χ1) is 12.5. The monoisotopic (exact) mass is 490 g/mol. The van der Waals surface area contributed by atoms with Crippen molar-refractivity contribution in [1.82, 2.24) is 15.5 Å². The lowest BCUT2D eigenvalue weighted by Crippen LogP contribution is -2.45. The third-order valence-corrected chi connectivity index (χ3v) is 4.50. The number of benzene rings is 1. The summed E-state index contributed by atoms with van der Waals surface area (Å²) < 4.78 is 11.2. The van der Waals surface area contributed by atoms with Gasteiger partial charge in [-0.1, -0.05) is 6.07 Å². The Bertz CT molecular complexity index is 577. The van der Waals surface area contributed by atoms with E-state index in [1.54, 1.807) is 14.2 Å². The van der Waals surface area contributed by atoms with Gasteiger partial charge in [0.2, 0.25) is 0 Å². The van der Waals surface area contributed by atoms with Gasteiger partial charge in [0.25, 0.3) is 0 Å². The molecule has 0 heterocycles. The molecule has 7 heteroatoms. The van der Waals surface area contributed by atoms with Crippen LogP contribution in [0.1, 0.15) is 33.6 Å². The van der Waals surface area contributed by atoms with E-state index in [1.165, 1.54) is 12.8 Å². The van der Waals surface area contributed by atoms with Crippen LogP contribution in [0.3, 0.4) is 0 Å². The van der Waals surface area contributed by atoms with E-state index in [1.807, 2.05) is 31.2 Å². The maximum Gasteiger partial charge on any atom is 0.191 e. The van der Waals surface area contributed by atoms with E-state index in [-0.39, 0.29) is 30.1 Å². The number of nitrogens with one attached hydrogen (secondary N) is 2. The van der Waals surface area contributed by atoms with E-state index in [0.717, 1.165) is 36.6 Å². The van der Waals surface area contributed by atoms with Crippen LogP contribution in [0.4, 0.5) is 0 Å². The molecule has 2 rings (SSSR count). The summed E-state index contributed by atoms with van der Waals surface area (Å²) in [4.78, 5) is 6.86. The molecule has 1 aromatic carbocycles. The highest BCUT2D eigenvalue weighted by atomic mass is 127. The van der Waals surface area contributed by atoms with Gasteiger partial charge in [-0.25, -0.2) is 0 Å². The second kappa shape index (κ2) is 12.3. The number of guanidine groups is 1. The number of aliphatic imine (C=N–C) groups is 1. The SMILES string of the molecule is CN=C(NCCN(C(C)C)C1CC1)NCC(C)Oc1cccc(OC)c1.I. The molecule has 6 nitrogen and oxygen atoms in total. The molecule has 0 spiro atoms. The molecule has 1 aliphatic carbocycles. The smallest absolute Gasteiger partial charge is 0.191 e. The quantitative estimate of drug-likeness (QED) is 0.300. The Morgan fingerprint density at radius 2 is 1.93 bits per heavy atom. The van der Waals surface area contributed by atoms with Crippen LogP contribution < -0.4 is 20.1 Å². The summed E-state index contributed by atoms with van der Waals surface area (Å²) in [6.07, 6.45) is 2.69. The number of nitrogens with zero attached hydrogens (tertiary/aromatic N) is 2. The molecule has 1 atom stereocenters. The largest absolute Gasteiger partial charge is 0.497 e. The van der Waals surface area contributed by atoms with Gasteiger partial charge in [0.15, 0.2) is 5.96 Å². The van der Waals surface area contributed by atoms with Gasteiger partial charge in [0.05, 0.1) is 13.7 Å². The molecule has 1 fully saturated rings. The molecular weight excluding hydrogens is 455 g/mol. The Balaban J connectivity index is 0.00000364. The van der Waals surface area contributed by atoms with Crippen LogP contribution in [0.5, 0.6) is 11.5 Å². The lowest BCUT2D eigenvalue weighted by Gasteiger charge is -2.26. The van der Waals surface area contributed by atoms with Crippen LogP contribution in [-0.4, -0.2) is 62.8 Å². The average Bonchev–Trinajstić information content (AvgIpc) is 3.45. The molecule has 1 saturated carbocycles. The summed E-state index contributed by atoms with van der Waals surface area (Å²) in [5.41, 5.74) is 0. The van der Waals surface area contributed by atoms with Crippen LogP contribution in [0, 0.1) is 0 Å². The summed E-state index contributed by atoms with van der Waals surface area (Å²) in [5.74, 6) is 2.41. The first kappa shape index (κ1) is 23.8. The summed E-state index contributed by atoms with van der Waals surface area (Å²) in [6, 6.07) is 9.03. The molecule has 1 aromatic rings. The maximum absolute atomic E-state index is 5.93. The summed E-state index contributed by atoms with van der Waals surface area (Å²) in [5, 5.41) is 6.73. The van der Waals surface area contributed by atoms with E-state index >= 15 is 0 Å². The van der Waals surface area contributed by atoms with Crippen molar-refractivity contribution in [3.05, 3.63) is 24.3 Å². The zero-order chi connectivity index (χ0) is 18.9. The van der Waals surface area contributed by atoms with E-state index in [4.69, 9.17) is 9.47 Å². The Labute approximate surface area is 181 Å². The van der Waals surface area contributed by atoms with Crippen LogP contribution >= 0.6 is 24.0 Å². The van der Waals surface area contributed by atoms with Crippen LogP contribution in [0.2, 0.25) is 0 Å². The highest BCUT2D eigenvalue weighted by molar-refractivity contribution is 14.0. The Morgan fingerprint density at radius 3 is 2.52 bits per heavy atom. The van der Waals surface area contributed by atoms with Crippen LogP contribution in [0.15, 0.2) is 29.3 Å². The predicted molar refractivity (Wildman–Crippen MR) is 123 cm³/mol. The summed E-state index contributed by atoms with van der Waals surface area (Å²) >= 11 is 0. The molecule has 0 bridgehead atoms.